The van der Waals surface area contributed by atoms with Gasteiger partial charge in [0, 0.05) is 13.2 Å². The van der Waals surface area contributed by atoms with Gasteiger partial charge in [0.2, 0.25) is 0 Å². The average Bonchev–Trinajstić information content (AvgIpc) is 1.41. The zero-order valence-electron chi connectivity index (χ0n) is 4.53. The van der Waals surface area contributed by atoms with Gasteiger partial charge in [-0.1, -0.05) is 0 Å². The van der Waals surface area contributed by atoms with Gasteiger partial charge in [0.05, 0.1) is 0 Å². The molecular formula is C4H10MgO+2. The van der Waals surface area contributed by atoms with Crippen LogP contribution in [0.25, 0.3) is 0 Å². The molecule has 0 amide bonds. The Morgan fingerprint density at radius 1 is 1.17 bits per heavy atom. The third kappa shape index (κ3) is 8.83. The van der Waals surface area contributed by atoms with E-state index in [0.29, 0.717) is 0 Å². The first-order valence-electron chi connectivity index (χ1n) is 1.99. The van der Waals surface area contributed by atoms with Crippen molar-refractivity contribution in [1.29, 1.82) is 0 Å². The maximum atomic E-state index is 4.83. The standard InChI is InChI=1S/C4H10O.Mg/c1-3-5-4-2;/h3-4H2,1-2H3;/q;+2. The van der Waals surface area contributed by atoms with Crippen LogP contribution in [-0.2, 0) is 4.74 Å². The Hall–Kier alpha value is 0.726. The van der Waals surface area contributed by atoms with Gasteiger partial charge in [0.25, 0.3) is 0 Å². The molecule has 0 aromatic heterocycles. The fraction of sp³-hybridized carbons (Fsp3) is 1.00. The maximum Gasteiger partial charge on any atom is 2.00 e. The summed E-state index contributed by atoms with van der Waals surface area (Å²) in [5.74, 6) is 0. The molecule has 0 radical (unpaired) electrons. The summed E-state index contributed by atoms with van der Waals surface area (Å²) in [6, 6.07) is 0. The van der Waals surface area contributed by atoms with Crippen molar-refractivity contribution in [2.45, 2.75) is 13.8 Å². The fourth-order valence-corrected chi connectivity index (χ4v) is 0.204. The van der Waals surface area contributed by atoms with Crippen molar-refractivity contribution in [3.63, 3.8) is 0 Å². The molecule has 0 atom stereocenters. The van der Waals surface area contributed by atoms with Gasteiger partial charge in [-0.3, -0.25) is 0 Å². The summed E-state index contributed by atoms with van der Waals surface area (Å²) in [4.78, 5) is 0. The topological polar surface area (TPSA) is 9.23 Å². The Morgan fingerprint density at radius 2 is 1.50 bits per heavy atom. The molecule has 1 nitrogen and oxygen atoms in total. The predicted octanol–water partition coefficient (Wildman–Crippen LogP) is 0.662. The molecule has 0 unspecified atom stereocenters. The van der Waals surface area contributed by atoms with E-state index in [0.717, 1.165) is 13.2 Å². The van der Waals surface area contributed by atoms with Gasteiger partial charge < -0.3 is 4.74 Å². The Labute approximate surface area is 55.2 Å². The van der Waals surface area contributed by atoms with Crippen molar-refractivity contribution in [3.05, 3.63) is 0 Å². The van der Waals surface area contributed by atoms with Crippen molar-refractivity contribution in [2.75, 3.05) is 13.2 Å². The molecule has 0 aliphatic heterocycles. The Bertz CT molecular complexity index is 15.0. The van der Waals surface area contributed by atoms with Crippen LogP contribution in [-0.4, -0.2) is 36.3 Å². The van der Waals surface area contributed by atoms with Crippen molar-refractivity contribution in [2.24, 2.45) is 0 Å². The number of hydrogen-bond acceptors (Lipinski definition) is 1. The van der Waals surface area contributed by atoms with E-state index in [9.17, 15) is 0 Å². The van der Waals surface area contributed by atoms with Gasteiger partial charge in [-0.2, -0.15) is 0 Å². The van der Waals surface area contributed by atoms with Crippen molar-refractivity contribution in [3.8, 4) is 0 Å². The molecule has 0 saturated carbocycles. The van der Waals surface area contributed by atoms with E-state index in [-0.39, 0.29) is 23.1 Å². The molecule has 0 spiro atoms. The Kier molecular flexibility index (Phi) is 15.2. The molecule has 6 heavy (non-hydrogen) atoms. The van der Waals surface area contributed by atoms with Crippen molar-refractivity contribution < 1.29 is 4.74 Å². The average molecular weight is 98.4 g/mol. The van der Waals surface area contributed by atoms with Gasteiger partial charge in [-0.05, 0) is 13.8 Å². The van der Waals surface area contributed by atoms with Crippen LogP contribution in [0.3, 0.4) is 0 Å². The van der Waals surface area contributed by atoms with Crippen molar-refractivity contribution in [1.82, 2.24) is 0 Å². The number of hydrogen-bond donors (Lipinski definition) is 0. The second-order valence-corrected chi connectivity index (χ2v) is 0.781. The number of rotatable bonds is 2. The van der Waals surface area contributed by atoms with Crippen LogP contribution in [0.4, 0.5) is 0 Å². The van der Waals surface area contributed by atoms with E-state index >= 15 is 0 Å². The summed E-state index contributed by atoms with van der Waals surface area (Å²) in [5, 5.41) is 0. The first-order valence-corrected chi connectivity index (χ1v) is 1.99. The molecule has 0 saturated heterocycles. The minimum atomic E-state index is 0. The quantitative estimate of drug-likeness (QED) is 0.461. The molecule has 0 aromatic rings. The zero-order chi connectivity index (χ0) is 4.12. The van der Waals surface area contributed by atoms with E-state index < -0.39 is 0 Å². The molecule has 32 valence electrons. The normalized spacial score (nSPS) is 7.00. The molecule has 2 heteroatoms. The van der Waals surface area contributed by atoms with Gasteiger partial charge in [-0.15, -0.1) is 0 Å². The van der Waals surface area contributed by atoms with Crippen LogP contribution in [0.5, 0.6) is 0 Å². The van der Waals surface area contributed by atoms with Crippen LogP contribution in [0.2, 0.25) is 0 Å². The van der Waals surface area contributed by atoms with Gasteiger partial charge in [0.15, 0.2) is 0 Å². The molecule has 0 aromatic carbocycles. The van der Waals surface area contributed by atoms with Gasteiger partial charge >= 0.3 is 23.1 Å². The predicted molar refractivity (Wildman–Crippen MR) is 27.9 cm³/mol. The van der Waals surface area contributed by atoms with E-state index in [4.69, 9.17) is 4.74 Å². The SMILES string of the molecule is CCOCC.[Mg+2]. The van der Waals surface area contributed by atoms with Crippen LogP contribution in [0, 0.1) is 0 Å². The second kappa shape index (κ2) is 9.21. The molecular weight excluding hydrogens is 88.3 g/mol. The summed E-state index contributed by atoms with van der Waals surface area (Å²) in [5.41, 5.74) is 0. The van der Waals surface area contributed by atoms with Gasteiger partial charge in [0.1, 0.15) is 0 Å². The van der Waals surface area contributed by atoms with Crippen LogP contribution >= 0.6 is 0 Å². The van der Waals surface area contributed by atoms with Crippen LogP contribution in [0.1, 0.15) is 13.8 Å². The summed E-state index contributed by atoms with van der Waals surface area (Å²) < 4.78 is 4.83. The third-order valence-corrected chi connectivity index (χ3v) is 0.408. The molecule has 0 rings (SSSR count). The second-order valence-electron chi connectivity index (χ2n) is 0.781. The monoisotopic (exact) mass is 98.1 g/mol. The minimum absolute atomic E-state index is 0. The summed E-state index contributed by atoms with van der Waals surface area (Å²) in [6.45, 7) is 5.67. The Balaban J connectivity index is 0. The number of ether oxygens (including phenoxy) is 1. The largest absolute Gasteiger partial charge is 2.00 e. The summed E-state index contributed by atoms with van der Waals surface area (Å²) >= 11 is 0. The molecule has 0 aliphatic rings. The van der Waals surface area contributed by atoms with Gasteiger partial charge in [-0.25, -0.2) is 0 Å². The fourth-order valence-electron chi connectivity index (χ4n) is 0.204. The molecule has 0 bridgehead atoms. The smallest absolute Gasteiger partial charge is 0.382 e. The zero-order valence-corrected chi connectivity index (χ0v) is 5.94. The molecule has 0 aliphatic carbocycles. The molecule has 0 N–H and O–H groups in total. The van der Waals surface area contributed by atoms with E-state index in [1.54, 1.807) is 0 Å². The van der Waals surface area contributed by atoms with E-state index in [1.807, 2.05) is 13.8 Å². The summed E-state index contributed by atoms with van der Waals surface area (Å²) in [6.07, 6.45) is 0. The third-order valence-electron chi connectivity index (χ3n) is 0.408. The first-order chi connectivity index (χ1) is 2.41. The van der Waals surface area contributed by atoms with Crippen molar-refractivity contribution >= 4 is 23.1 Å². The molecule has 0 fully saturated rings. The van der Waals surface area contributed by atoms with Crippen LogP contribution < -0.4 is 0 Å². The van der Waals surface area contributed by atoms with Crippen LogP contribution in [0.15, 0.2) is 0 Å². The first kappa shape index (κ1) is 9.87. The summed E-state index contributed by atoms with van der Waals surface area (Å²) in [7, 11) is 0. The van der Waals surface area contributed by atoms with E-state index in [1.165, 1.54) is 0 Å². The maximum absolute atomic E-state index is 4.83. The van der Waals surface area contributed by atoms with E-state index in [2.05, 4.69) is 0 Å². The molecule has 0 heterocycles. The Morgan fingerprint density at radius 3 is 1.50 bits per heavy atom. The minimum Gasteiger partial charge on any atom is -0.382 e.